The van der Waals surface area contributed by atoms with Gasteiger partial charge in [-0.2, -0.15) is 11.8 Å². The second kappa shape index (κ2) is 11.9. The molecule has 1 aromatic heterocycles. The number of nitrogens with zero attached hydrogens (tertiary/aromatic N) is 2. The lowest BCUT2D eigenvalue weighted by atomic mass is 9.74. The van der Waals surface area contributed by atoms with Crippen molar-refractivity contribution in [3.8, 4) is 5.75 Å². The number of hydrogen-bond donors (Lipinski definition) is 1. The zero-order chi connectivity index (χ0) is 24.8. The van der Waals surface area contributed by atoms with Gasteiger partial charge in [0.2, 0.25) is 0 Å². The van der Waals surface area contributed by atoms with Gasteiger partial charge in [0.1, 0.15) is 18.6 Å². The zero-order valence-corrected chi connectivity index (χ0v) is 21.3. The summed E-state index contributed by atoms with van der Waals surface area (Å²) in [6, 6.07) is 5.14. The van der Waals surface area contributed by atoms with E-state index in [9.17, 15) is 14.3 Å². The molecule has 2 heterocycles. The molecule has 5 nitrogen and oxygen atoms in total. The van der Waals surface area contributed by atoms with Gasteiger partial charge in [-0.15, -0.1) is 0 Å². The molecular formula is C27H36F2N2O3S. The van der Waals surface area contributed by atoms with Crippen LogP contribution in [0, 0.1) is 5.41 Å². The van der Waals surface area contributed by atoms with E-state index in [0.29, 0.717) is 29.5 Å². The number of aliphatic carboxylic acids is 1. The number of thioether (sulfide) groups is 1. The van der Waals surface area contributed by atoms with Crippen LogP contribution in [-0.2, 0) is 11.5 Å². The maximum atomic E-state index is 15.7. The molecule has 0 amide bonds. The van der Waals surface area contributed by atoms with E-state index in [-0.39, 0.29) is 24.0 Å². The van der Waals surface area contributed by atoms with E-state index in [1.807, 2.05) is 0 Å². The number of rotatable bonds is 11. The zero-order valence-electron chi connectivity index (χ0n) is 20.5. The van der Waals surface area contributed by atoms with Crippen LogP contribution in [0.1, 0.15) is 68.7 Å². The van der Waals surface area contributed by atoms with Gasteiger partial charge in [-0.1, -0.05) is 12.8 Å². The van der Waals surface area contributed by atoms with Gasteiger partial charge in [-0.25, -0.2) is 8.78 Å². The van der Waals surface area contributed by atoms with E-state index < -0.39 is 24.2 Å². The SMILES string of the molecule is COc1ccc2ncc(CF)c([C@@H](F)CCC3(C(=O)O)CCN(CCSC4CCCC4)CC3)c2c1. The maximum Gasteiger partial charge on any atom is 0.309 e. The number of halogens is 2. The lowest BCUT2D eigenvalue weighted by Gasteiger charge is -2.39. The minimum atomic E-state index is -1.48. The Balaban J connectivity index is 1.40. The number of carboxylic acids is 1. The van der Waals surface area contributed by atoms with Crippen molar-refractivity contribution >= 4 is 28.6 Å². The number of methoxy groups -OCH3 is 1. The van der Waals surface area contributed by atoms with Crippen molar-refractivity contribution in [2.75, 3.05) is 32.5 Å². The first-order valence-electron chi connectivity index (χ1n) is 12.7. The first kappa shape index (κ1) is 26.1. The van der Waals surface area contributed by atoms with Crippen LogP contribution in [0.2, 0.25) is 0 Å². The first-order chi connectivity index (χ1) is 17.0. The highest BCUT2D eigenvalue weighted by molar-refractivity contribution is 7.99. The molecule has 2 aliphatic rings. The standard InChI is InChI=1S/C27H36F2N2O3S/c1-34-20-6-7-24-22(16-20)25(19(17-28)18-30-24)23(29)8-9-27(26(32)33)10-12-31(13-11-27)14-15-35-21-4-2-3-5-21/h6-7,16,18,21,23H,2-5,8-15,17H2,1H3,(H,32,33)/t23-/m0/s1. The van der Waals surface area contributed by atoms with Crippen molar-refractivity contribution in [1.82, 2.24) is 9.88 Å². The molecule has 1 atom stereocenters. The molecule has 2 aromatic rings. The summed E-state index contributed by atoms with van der Waals surface area (Å²) in [4.78, 5) is 18.9. The van der Waals surface area contributed by atoms with Crippen molar-refractivity contribution < 1.29 is 23.4 Å². The molecule has 0 radical (unpaired) electrons. The highest BCUT2D eigenvalue weighted by atomic mass is 32.2. The summed E-state index contributed by atoms with van der Waals surface area (Å²) in [5.74, 6) is 0.780. The topological polar surface area (TPSA) is 62.7 Å². The average molecular weight is 507 g/mol. The van der Waals surface area contributed by atoms with E-state index in [1.165, 1.54) is 39.0 Å². The molecule has 35 heavy (non-hydrogen) atoms. The third-order valence-electron chi connectivity index (χ3n) is 7.86. The van der Waals surface area contributed by atoms with Crippen molar-refractivity contribution in [1.29, 1.82) is 0 Å². The molecule has 1 aliphatic carbocycles. The molecule has 1 aliphatic heterocycles. The second-order valence-corrected chi connectivity index (χ2v) is 11.3. The molecule has 1 N–H and O–H groups in total. The van der Waals surface area contributed by atoms with Gasteiger partial charge < -0.3 is 14.7 Å². The molecule has 8 heteroatoms. The third-order valence-corrected chi connectivity index (χ3v) is 9.22. The molecule has 0 spiro atoms. The van der Waals surface area contributed by atoms with Gasteiger partial charge in [0.25, 0.3) is 0 Å². The molecule has 0 bridgehead atoms. The quantitative estimate of drug-likeness (QED) is 0.383. The molecule has 1 aromatic carbocycles. The molecule has 1 saturated carbocycles. The van der Waals surface area contributed by atoms with Gasteiger partial charge >= 0.3 is 5.97 Å². The summed E-state index contributed by atoms with van der Waals surface area (Å²) in [6.45, 7) is 1.60. The summed E-state index contributed by atoms with van der Waals surface area (Å²) < 4.78 is 34.7. The number of aromatic nitrogens is 1. The van der Waals surface area contributed by atoms with Crippen molar-refractivity contribution in [3.63, 3.8) is 0 Å². The van der Waals surface area contributed by atoms with Crippen LogP contribution in [0.5, 0.6) is 5.75 Å². The van der Waals surface area contributed by atoms with Gasteiger partial charge in [0.15, 0.2) is 0 Å². The minimum Gasteiger partial charge on any atom is -0.497 e. The number of carboxylic acid groups (broad SMARTS) is 1. The maximum absolute atomic E-state index is 15.7. The fourth-order valence-corrected chi connectivity index (χ4v) is 6.93. The Bertz CT molecular complexity index is 1000. The van der Waals surface area contributed by atoms with Gasteiger partial charge in [-0.3, -0.25) is 9.78 Å². The van der Waals surface area contributed by atoms with Crippen LogP contribution in [0.15, 0.2) is 24.4 Å². The summed E-state index contributed by atoms with van der Waals surface area (Å²) in [7, 11) is 1.52. The van der Waals surface area contributed by atoms with E-state index in [1.54, 1.807) is 18.2 Å². The second-order valence-electron chi connectivity index (χ2n) is 9.92. The fraction of sp³-hybridized carbons (Fsp3) is 0.630. The smallest absolute Gasteiger partial charge is 0.309 e. The Morgan fingerprint density at radius 1 is 1.31 bits per heavy atom. The molecule has 2 fully saturated rings. The Kier molecular flexibility index (Phi) is 8.87. The van der Waals surface area contributed by atoms with Crippen LogP contribution in [-0.4, -0.2) is 58.7 Å². The lowest BCUT2D eigenvalue weighted by molar-refractivity contribution is -0.153. The number of ether oxygens (including phenoxy) is 1. The van der Waals surface area contributed by atoms with Crippen LogP contribution in [0.3, 0.4) is 0 Å². The number of likely N-dealkylation sites (tertiary alicyclic amines) is 1. The number of hydrogen-bond acceptors (Lipinski definition) is 5. The predicted octanol–water partition coefficient (Wildman–Crippen LogP) is 6.35. The third kappa shape index (κ3) is 6.08. The van der Waals surface area contributed by atoms with Crippen LogP contribution < -0.4 is 4.74 Å². The van der Waals surface area contributed by atoms with Crippen LogP contribution in [0.4, 0.5) is 8.78 Å². The largest absolute Gasteiger partial charge is 0.497 e. The number of alkyl halides is 2. The number of carbonyl (C=O) groups is 1. The van der Waals surface area contributed by atoms with E-state index >= 15 is 4.39 Å². The van der Waals surface area contributed by atoms with Crippen molar-refractivity contribution in [2.45, 2.75) is 69.5 Å². The number of fused-ring (bicyclic) bond motifs is 1. The van der Waals surface area contributed by atoms with E-state index in [4.69, 9.17) is 4.74 Å². The Hall–Kier alpha value is -1.93. The van der Waals surface area contributed by atoms with Gasteiger partial charge in [0.05, 0.1) is 18.0 Å². The van der Waals surface area contributed by atoms with Crippen LogP contribution in [0.25, 0.3) is 10.9 Å². The Morgan fingerprint density at radius 2 is 2.06 bits per heavy atom. The van der Waals surface area contributed by atoms with Crippen LogP contribution >= 0.6 is 11.8 Å². The number of piperidine rings is 1. The van der Waals surface area contributed by atoms with E-state index in [0.717, 1.165) is 30.6 Å². The molecular weight excluding hydrogens is 470 g/mol. The first-order valence-corrected chi connectivity index (χ1v) is 13.7. The van der Waals surface area contributed by atoms with Gasteiger partial charge in [0, 0.05) is 40.3 Å². The van der Waals surface area contributed by atoms with Crippen molar-refractivity contribution in [3.05, 3.63) is 35.5 Å². The predicted molar refractivity (Wildman–Crippen MR) is 137 cm³/mol. The summed E-state index contributed by atoms with van der Waals surface area (Å²) in [5.41, 5.74) is 0.100. The summed E-state index contributed by atoms with van der Waals surface area (Å²) >= 11 is 2.05. The normalized spacial score (nSPS) is 19.7. The molecule has 0 unspecified atom stereocenters. The average Bonchev–Trinajstić information content (AvgIpc) is 3.40. The Labute approximate surface area is 210 Å². The van der Waals surface area contributed by atoms with Gasteiger partial charge in [-0.05, 0) is 69.8 Å². The Morgan fingerprint density at radius 3 is 2.71 bits per heavy atom. The molecule has 4 rings (SSSR count). The molecule has 192 valence electrons. The summed E-state index contributed by atoms with van der Waals surface area (Å²) in [6.07, 6.45) is 6.53. The highest BCUT2D eigenvalue weighted by Gasteiger charge is 2.41. The molecule has 1 saturated heterocycles. The number of benzene rings is 1. The van der Waals surface area contributed by atoms with Crippen molar-refractivity contribution in [2.24, 2.45) is 5.41 Å². The summed E-state index contributed by atoms with van der Waals surface area (Å²) in [5, 5.41) is 11.4. The monoisotopic (exact) mass is 506 g/mol. The highest BCUT2D eigenvalue weighted by Crippen LogP contribution is 2.42. The minimum absolute atomic E-state index is 0.0349. The fourth-order valence-electron chi connectivity index (χ4n) is 5.56. The van der Waals surface area contributed by atoms with E-state index in [2.05, 4.69) is 21.6 Å². The number of pyridine rings is 1. The lowest BCUT2D eigenvalue weighted by Crippen LogP contribution is -2.45.